The summed E-state index contributed by atoms with van der Waals surface area (Å²) in [5.74, 6) is 0.0350. The minimum Gasteiger partial charge on any atom is -0.481 e. The summed E-state index contributed by atoms with van der Waals surface area (Å²) in [5.41, 5.74) is 0.560. The lowest BCUT2D eigenvalue weighted by molar-refractivity contribution is -0.136. The zero-order chi connectivity index (χ0) is 13.4. The molecule has 0 saturated heterocycles. The Morgan fingerprint density at radius 1 is 1.17 bits per heavy atom. The van der Waals surface area contributed by atoms with E-state index in [0.29, 0.717) is 17.1 Å². The molecule has 6 nitrogen and oxygen atoms in total. The summed E-state index contributed by atoms with van der Waals surface area (Å²) in [4.78, 5) is 10.7. The zero-order valence-electron chi connectivity index (χ0n) is 10.3. The van der Waals surface area contributed by atoms with Crippen molar-refractivity contribution in [3.05, 3.63) is 23.8 Å². The van der Waals surface area contributed by atoms with Crippen molar-refractivity contribution in [2.75, 3.05) is 27.8 Å². The summed E-state index contributed by atoms with van der Waals surface area (Å²) < 4.78 is 20.1. The second kappa shape index (κ2) is 7.52. The molecule has 0 aliphatic heterocycles. The van der Waals surface area contributed by atoms with Crippen molar-refractivity contribution < 1.29 is 28.8 Å². The average Bonchev–Trinajstić information content (AvgIpc) is 2.35. The maximum atomic E-state index is 10.7. The average molecular weight is 256 g/mol. The van der Waals surface area contributed by atoms with E-state index in [2.05, 4.69) is 0 Å². The van der Waals surface area contributed by atoms with Crippen LogP contribution in [0.2, 0.25) is 0 Å². The number of carbonyl (C=O) groups is 1. The summed E-state index contributed by atoms with van der Waals surface area (Å²) in [6.45, 7) is 0.155. The Kier molecular flexibility index (Phi) is 5.96. The number of hydrogen-bond donors (Lipinski definition) is 1. The maximum Gasteiger partial charge on any atom is 0.307 e. The topological polar surface area (TPSA) is 74.2 Å². The smallest absolute Gasteiger partial charge is 0.307 e. The molecule has 0 fully saturated rings. The van der Waals surface area contributed by atoms with Crippen LogP contribution in [-0.4, -0.2) is 38.9 Å². The molecular weight excluding hydrogens is 240 g/mol. The highest BCUT2D eigenvalue weighted by atomic mass is 16.7. The first-order valence-electron chi connectivity index (χ1n) is 5.25. The Hall–Kier alpha value is -1.79. The number of carboxylic acid groups (broad SMARTS) is 1. The van der Waals surface area contributed by atoms with Gasteiger partial charge in [-0.05, 0) is 6.07 Å². The van der Waals surface area contributed by atoms with Crippen LogP contribution in [0.5, 0.6) is 11.5 Å². The highest BCUT2D eigenvalue weighted by Gasteiger charge is 2.10. The van der Waals surface area contributed by atoms with Gasteiger partial charge in [-0.25, -0.2) is 0 Å². The summed E-state index contributed by atoms with van der Waals surface area (Å²) in [5, 5.41) is 8.79. The number of ether oxygens (including phenoxy) is 4. The van der Waals surface area contributed by atoms with Gasteiger partial charge in [0.1, 0.15) is 11.5 Å². The Morgan fingerprint density at radius 2 is 1.83 bits per heavy atom. The van der Waals surface area contributed by atoms with Crippen LogP contribution < -0.4 is 9.47 Å². The quantitative estimate of drug-likeness (QED) is 0.706. The molecule has 1 rings (SSSR count). The lowest BCUT2D eigenvalue weighted by atomic mass is 10.1. The predicted molar refractivity (Wildman–Crippen MR) is 62.8 cm³/mol. The van der Waals surface area contributed by atoms with Crippen molar-refractivity contribution in [2.45, 2.75) is 6.42 Å². The molecule has 0 bridgehead atoms. The monoisotopic (exact) mass is 256 g/mol. The van der Waals surface area contributed by atoms with Gasteiger partial charge >= 0.3 is 5.97 Å². The Labute approximate surface area is 105 Å². The van der Waals surface area contributed by atoms with Gasteiger partial charge in [0, 0.05) is 25.8 Å². The minimum absolute atomic E-state index is 0.0420. The fourth-order valence-electron chi connectivity index (χ4n) is 1.32. The molecule has 1 aromatic rings. The third kappa shape index (κ3) is 4.60. The molecule has 0 radical (unpaired) electrons. The van der Waals surface area contributed by atoms with Gasteiger partial charge < -0.3 is 24.1 Å². The molecular formula is C12H16O6. The van der Waals surface area contributed by atoms with Gasteiger partial charge in [0.2, 0.25) is 0 Å². The van der Waals surface area contributed by atoms with Crippen molar-refractivity contribution in [1.29, 1.82) is 0 Å². The van der Waals surface area contributed by atoms with E-state index in [1.54, 1.807) is 18.2 Å². The highest BCUT2D eigenvalue weighted by molar-refractivity contribution is 5.71. The minimum atomic E-state index is -0.928. The lowest BCUT2D eigenvalue weighted by Gasteiger charge is -2.12. The normalized spacial score (nSPS) is 10.1. The van der Waals surface area contributed by atoms with Crippen molar-refractivity contribution in [2.24, 2.45) is 0 Å². The van der Waals surface area contributed by atoms with Crippen LogP contribution in [0.25, 0.3) is 0 Å². The largest absolute Gasteiger partial charge is 0.481 e. The van der Waals surface area contributed by atoms with E-state index >= 15 is 0 Å². The number of benzene rings is 1. The molecule has 100 valence electrons. The molecule has 0 spiro atoms. The van der Waals surface area contributed by atoms with E-state index in [1.165, 1.54) is 14.2 Å². The second-order valence-electron chi connectivity index (χ2n) is 3.44. The zero-order valence-corrected chi connectivity index (χ0v) is 10.3. The Balaban J connectivity index is 2.84. The number of aliphatic carboxylic acids is 1. The standard InChI is InChI=1S/C12H16O6/c1-15-7-17-10-4-3-9(5-12(13)14)11(6-10)18-8-16-2/h3-4,6H,5,7-8H2,1-2H3,(H,13,14). The SMILES string of the molecule is COCOc1ccc(CC(=O)O)c(OCOC)c1. The summed E-state index contributed by atoms with van der Waals surface area (Å²) in [7, 11) is 3.00. The third-order valence-electron chi connectivity index (χ3n) is 2.06. The number of methoxy groups -OCH3 is 2. The Morgan fingerprint density at radius 3 is 2.44 bits per heavy atom. The second-order valence-corrected chi connectivity index (χ2v) is 3.44. The first kappa shape index (κ1) is 14.3. The van der Waals surface area contributed by atoms with Gasteiger partial charge in [0.05, 0.1) is 6.42 Å². The third-order valence-corrected chi connectivity index (χ3v) is 2.06. The number of hydrogen-bond acceptors (Lipinski definition) is 5. The van der Waals surface area contributed by atoms with Crippen LogP contribution in [0, 0.1) is 0 Å². The lowest BCUT2D eigenvalue weighted by Crippen LogP contribution is -2.07. The summed E-state index contributed by atoms with van der Waals surface area (Å²) in [6, 6.07) is 4.91. The molecule has 6 heteroatoms. The van der Waals surface area contributed by atoms with Crippen LogP contribution in [-0.2, 0) is 20.7 Å². The summed E-state index contributed by atoms with van der Waals surface area (Å²) >= 11 is 0. The molecule has 0 amide bonds. The molecule has 0 unspecified atom stereocenters. The van der Waals surface area contributed by atoms with Crippen LogP contribution in [0.15, 0.2) is 18.2 Å². The maximum absolute atomic E-state index is 10.7. The molecule has 0 atom stereocenters. The van der Waals surface area contributed by atoms with Crippen molar-refractivity contribution in [1.82, 2.24) is 0 Å². The van der Waals surface area contributed by atoms with Crippen LogP contribution in [0.4, 0.5) is 0 Å². The van der Waals surface area contributed by atoms with E-state index in [0.717, 1.165) is 0 Å². The predicted octanol–water partition coefficient (Wildman–Crippen LogP) is 1.28. The van der Waals surface area contributed by atoms with Gasteiger partial charge in [-0.3, -0.25) is 4.79 Å². The molecule has 0 aliphatic carbocycles. The van der Waals surface area contributed by atoms with Crippen molar-refractivity contribution in [3.8, 4) is 11.5 Å². The summed E-state index contributed by atoms with van der Waals surface area (Å²) in [6.07, 6.45) is -0.121. The molecule has 18 heavy (non-hydrogen) atoms. The van der Waals surface area contributed by atoms with E-state index in [1.807, 2.05) is 0 Å². The molecule has 0 saturated carbocycles. The van der Waals surface area contributed by atoms with Gasteiger partial charge in [-0.1, -0.05) is 6.07 Å². The number of carboxylic acids is 1. The Bertz CT molecular complexity index is 390. The van der Waals surface area contributed by atoms with E-state index in [-0.39, 0.29) is 20.0 Å². The molecule has 1 N–H and O–H groups in total. The molecule has 0 heterocycles. The van der Waals surface area contributed by atoms with E-state index < -0.39 is 5.97 Å². The van der Waals surface area contributed by atoms with Gasteiger partial charge in [0.15, 0.2) is 13.6 Å². The van der Waals surface area contributed by atoms with Crippen molar-refractivity contribution >= 4 is 5.97 Å². The fourth-order valence-corrected chi connectivity index (χ4v) is 1.32. The van der Waals surface area contributed by atoms with Crippen LogP contribution in [0.3, 0.4) is 0 Å². The first-order valence-corrected chi connectivity index (χ1v) is 5.25. The molecule has 1 aromatic carbocycles. The van der Waals surface area contributed by atoms with Gasteiger partial charge in [-0.15, -0.1) is 0 Å². The van der Waals surface area contributed by atoms with Gasteiger partial charge in [0.25, 0.3) is 0 Å². The fraction of sp³-hybridized carbons (Fsp3) is 0.417. The molecule has 0 aliphatic rings. The van der Waals surface area contributed by atoms with E-state index in [4.69, 9.17) is 24.1 Å². The van der Waals surface area contributed by atoms with Gasteiger partial charge in [-0.2, -0.15) is 0 Å². The van der Waals surface area contributed by atoms with Crippen LogP contribution in [0.1, 0.15) is 5.56 Å². The number of rotatable bonds is 8. The van der Waals surface area contributed by atoms with E-state index in [9.17, 15) is 4.79 Å². The molecule has 0 aromatic heterocycles. The highest BCUT2D eigenvalue weighted by Crippen LogP contribution is 2.25. The van der Waals surface area contributed by atoms with Crippen molar-refractivity contribution in [3.63, 3.8) is 0 Å². The first-order chi connectivity index (χ1) is 8.67. The van der Waals surface area contributed by atoms with Crippen LogP contribution >= 0.6 is 0 Å².